The highest BCUT2D eigenvalue weighted by atomic mass is 16.6. The lowest BCUT2D eigenvalue weighted by Gasteiger charge is -2.35. The van der Waals surface area contributed by atoms with Crippen LogP contribution in [0.15, 0.2) is 24.3 Å². The van der Waals surface area contributed by atoms with Gasteiger partial charge in [-0.1, -0.05) is 32.0 Å². The van der Waals surface area contributed by atoms with E-state index in [2.05, 4.69) is 24.1 Å². The van der Waals surface area contributed by atoms with Gasteiger partial charge in [-0.3, -0.25) is 15.0 Å². The first-order valence-corrected chi connectivity index (χ1v) is 7.27. The SMILES string of the molecule is CC(C)C[C@H](c1ccccc1[N+](=O)[O-])N1CCNCC1. The quantitative estimate of drug-likeness (QED) is 0.664. The van der Waals surface area contributed by atoms with Crippen molar-refractivity contribution in [3.05, 3.63) is 39.9 Å². The molecule has 0 aliphatic carbocycles. The first kappa shape index (κ1) is 14.9. The van der Waals surface area contributed by atoms with Crippen LogP contribution < -0.4 is 5.32 Å². The second-order valence-electron chi connectivity index (χ2n) is 5.75. The van der Waals surface area contributed by atoms with Gasteiger partial charge in [0.15, 0.2) is 0 Å². The Morgan fingerprint density at radius 3 is 2.55 bits per heavy atom. The first-order chi connectivity index (χ1) is 9.59. The van der Waals surface area contributed by atoms with E-state index in [1.807, 2.05) is 12.1 Å². The van der Waals surface area contributed by atoms with E-state index >= 15 is 0 Å². The molecule has 1 saturated heterocycles. The summed E-state index contributed by atoms with van der Waals surface area (Å²) in [6.07, 6.45) is 0.949. The van der Waals surface area contributed by atoms with Crippen molar-refractivity contribution in [3.8, 4) is 0 Å². The van der Waals surface area contributed by atoms with E-state index in [0.29, 0.717) is 5.92 Å². The molecular weight excluding hydrogens is 254 g/mol. The smallest absolute Gasteiger partial charge is 0.274 e. The maximum Gasteiger partial charge on any atom is 0.274 e. The third-order valence-electron chi connectivity index (χ3n) is 3.78. The second-order valence-corrected chi connectivity index (χ2v) is 5.75. The van der Waals surface area contributed by atoms with Crippen LogP contribution in [0.3, 0.4) is 0 Å². The highest BCUT2D eigenvalue weighted by Gasteiger charge is 2.28. The summed E-state index contributed by atoms with van der Waals surface area (Å²) in [4.78, 5) is 13.4. The molecule has 0 bridgehead atoms. The van der Waals surface area contributed by atoms with Gasteiger partial charge in [0.25, 0.3) is 5.69 Å². The summed E-state index contributed by atoms with van der Waals surface area (Å²) in [6.45, 7) is 8.14. The molecule has 5 heteroatoms. The number of piperazine rings is 1. The number of para-hydroxylation sites is 1. The Balaban J connectivity index is 2.32. The highest BCUT2D eigenvalue weighted by Crippen LogP contribution is 2.33. The van der Waals surface area contributed by atoms with Crippen LogP contribution in [-0.2, 0) is 0 Å². The number of nitrogens with zero attached hydrogens (tertiary/aromatic N) is 2. The molecule has 5 nitrogen and oxygen atoms in total. The fourth-order valence-electron chi connectivity index (χ4n) is 2.85. The Morgan fingerprint density at radius 2 is 1.95 bits per heavy atom. The molecule has 1 fully saturated rings. The summed E-state index contributed by atoms with van der Waals surface area (Å²) in [5.41, 5.74) is 1.10. The molecule has 0 aromatic heterocycles. The Morgan fingerprint density at radius 1 is 1.30 bits per heavy atom. The molecule has 1 aliphatic rings. The van der Waals surface area contributed by atoms with Gasteiger partial charge >= 0.3 is 0 Å². The zero-order chi connectivity index (χ0) is 14.5. The Labute approximate surface area is 120 Å². The van der Waals surface area contributed by atoms with Crippen molar-refractivity contribution in [2.75, 3.05) is 26.2 Å². The number of benzene rings is 1. The molecule has 2 rings (SSSR count). The molecule has 1 aromatic carbocycles. The van der Waals surface area contributed by atoms with Gasteiger partial charge in [0.2, 0.25) is 0 Å². The van der Waals surface area contributed by atoms with E-state index in [1.54, 1.807) is 12.1 Å². The third-order valence-corrected chi connectivity index (χ3v) is 3.78. The summed E-state index contributed by atoms with van der Waals surface area (Å²) in [5, 5.41) is 14.6. The number of hydrogen-bond acceptors (Lipinski definition) is 4. The van der Waals surface area contributed by atoms with E-state index in [1.165, 1.54) is 0 Å². The molecule has 1 aliphatic heterocycles. The van der Waals surface area contributed by atoms with Crippen LogP contribution in [0.4, 0.5) is 5.69 Å². The predicted octanol–water partition coefficient (Wildman–Crippen LogP) is 2.59. The van der Waals surface area contributed by atoms with Crippen LogP contribution in [0.1, 0.15) is 31.9 Å². The van der Waals surface area contributed by atoms with Crippen LogP contribution in [0.25, 0.3) is 0 Å². The molecule has 110 valence electrons. The lowest BCUT2D eigenvalue weighted by atomic mass is 9.94. The summed E-state index contributed by atoms with van der Waals surface area (Å²) in [5.74, 6) is 0.509. The predicted molar refractivity (Wildman–Crippen MR) is 79.7 cm³/mol. The molecule has 1 N–H and O–H groups in total. The topological polar surface area (TPSA) is 58.4 Å². The number of hydrogen-bond donors (Lipinski definition) is 1. The van der Waals surface area contributed by atoms with Crippen LogP contribution in [0.5, 0.6) is 0 Å². The Hall–Kier alpha value is -1.46. The fraction of sp³-hybridized carbons (Fsp3) is 0.600. The van der Waals surface area contributed by atoms with Crippen LogP contribution in [0, 0.1) is 16.0 Å². The van der Waals surface area contributed by atoms with Crippen molar-refractivity contribution in [2.45, 2.75) is 26.3 Å². The van der Waals surface area contributed by atoms with Crippen molar-refractivity contribution in [1.29, 1.82) is 0 Å². The van der Waals surface area contributed by atoms with Gasteiger partial charge in [0.1, 0.15) is 0 Å². The van der Waals surface area contributed by atoms with Gasteiger partial charge in [-0.2, -0.15) is 0 Å². The van der Waals surface area contributed by atoms with Crippen molar-refractivity contribution in [1.82, 2.24) is 10.2 Å². The maximum atomic E-state index is 11.3. The summed E-state index contributed by atoms with van der Waals surface area (Å²) in [7, 11) is 0. The first-order valence-electron chi connectivity index (χ1n) is 7.27. The molecule has 0 radical (unpaired) electrons. The summed E-state index contributed by atoms with van der Waals surface area (Å²) >= 11 is 0. The number of nitro benzene ring substituents is 1. The average Bonchev–Trinajstić information content (AvgIpc) is 2.45. The standard InChI is InChI=1S/C15H23N3O2/c1-12(2)11-15(17-9-7-16-8-10-17)13-5-3-4-6-14(13)18(19)20/h3-6,12,15-16H,7-11H2,1-2H3/t15-/m1/s1. The van der Waals surface area contributed by atoms with Crippen molar-refractivity contribution in [3.63, 3.8) is 0 Å². The summed E-state index contributed by atoms with van der Waals surface area (Å²) < 4.78 is 0. The van der Waals surface area contributed by atoms with Crippen molar-refractivity contribution >= 4 is 5.69 Å². The molecule has 1 heterocycles. The lowest BCUT2D eigenvalue weighted by Crippen LogP contribution is -2.45. The number of rotatable bonds is 5. The third kappa shape index (κ3) is 3.55. The lowest BCUT2D eigenvalue weighted by molar-refractivity contribution is -0.386. The Bertz CT molecular complexity index is 456. The summed E-state index contributed by atoms with van der Waals surface area (Å²) in [6, 6.07) is 7.31. The van der Waals surface area contributed by atoms with Gasteiger partial charge in [0, 0.05) is 43.9 Å². The molecule has 20 heavy (non-hydrogen) atoms. The van der Waals surface area contributed by atoms with Crippen molar-refractivity contribution in [2.24, 2.45) is 5.92 Å². The monoisotopic (exact) mass is 277 g/mol. The molecule has 0 spiro atoms. The minimum absolute atomic E-state index is 0.138. The molecule has 1 aromatic rings. The number of nitrogens with one attached hydrogen (secondary N) is 1. The molecule has 0 saturated carbocycles. The van der Waals surface area contributed by atoms with Gasteiger partial charge in [-0.25, -0.2) is 0 Å². The zero-order valence-electron chi connectivity index (χ0n) is 12.2. The largest absolute Gasteiger partial charge is 0.314 e. The van der Waals surface area contributed by atoms with E-state index < -0.39 is 0 Å². The molecule has 0 amide bonds. The van der Waals surface area contributed by atoms with Gasteiger partial charge in [-0.05, 0) is 12.3 Å². The minimum Gasteiger partial charge on any atom is -0.314 e. The highest BCUT2D eigenvalue weighted by molar-refractivity contribution is 5.42. The van der Waals surface area contributed by atoms with Gasteiger partial charge in [0.05, 0.1) is 4.92 Å². The normalized spacial score (nSPS) is 18.1. The van der Waals surface area contributed by atoms with Crippen molar-refractivity contribution < 1.29 is 4.92 Å². The van der Waals surface area contributed by atoms with Crippen LogP contribution in [0.2, 0.25) is 0 Å². The van der Waals surface area contributed by atoms with Crippen LogP contribution >= 0.6 is 0 Å². The Kier molecular flexibility index (Phi) is 5.09. The number of nitro groups is 1. The van der Waals surface area contributed by atoms with E-state index in [0.717, 1.165) is 38.2 Å². The van der Waals surface area contributed by atoms with Crippen LogP contribution in [-0.4, -0.2) is 36.0 Å². The molecule has 0 unspecified atom stereocenters. The van der Waals surface area contributed by atoms with E-state index in [9.17, 15) is 10.1 Å². The average molecular weight is 277 g/mol. The second kappa shape index (κ2) is 6.81. The van der Waals surface area contributed by atoms with Gasteiger partial charge < -0.3 is 5.32 Å². The van der Waals surface area contributed by atoms with E-state index in [-0.39, 0.29) is 16.7 Å². The van der Waals surface area contributed by atoms with Gasteiger partial charge in [-0.15, -0.1) is 0 Å². The molecule has 1 atom stereocenters. The minimum atomic E-state index is -0.259. The maximum absolute atomic E-state index is 11.3. The molecular formula is C15H23N3O2. The zero-order valence-corrected chi connectivity index (χ0v) is 12.2. The fourth-order valence-corrected chi connectivity index (χ4v) is 2.85. The van der Waals surface area contributed by atoms with E-state index in [4.69, 9.17) is 0 Å².